The molecule has 0 atom stereocenters. The molecule has 0 nitrogen and oxygen atoms in total. The first kappa shape index (κ1) is 13.7. The summed E-state index contributed by atoms with van der Waals surface area (Å²) in [6.45, 7) is 0. The Balaban J connectivity index is 0. The van der Waals surface area contributed by atoms with Crippen molar-refractivity contribution in [2.24, 2.45) is 0 Å². The average Bonchev–Trinajstić information content (AvgIpc) is 1.97. The molecule has 0 spiro atoms. The van der Waals surface area contributed by atoms with Crippen molar-refractivity contribution < 1.29 is 31.0 Å². The maximum absolute atomic E-state index is 5.66. The van der Waals surface area contributed by atoms with Crippen LogP contribution in [0.15, 0.2) is 6.07 Å². The minimum Gasteiger partial charge on any atom is -1.00 e. The van der Waals surface area contributed by atoms with Gasteiger partial charge in [-0.3, -0.25) is 0 Å². The van der Waals surface area contributed by atoms with E-state index in [-0.39, 0.29) is 46.1 Å². The summed E-state index contributed by atoms with van der Waals surface area (Å²) < 4.78 is 0. The van der Waals surface area contributed by atoms with Crippen LogP contribution in [0.3, 0.4) is 0 Å². The molecule has 12 heavy (non-hydrogen) atoms. The number of hydrogen-bond donors (Lipinski definition) is 0. The summed E-state index contributed by atoms with van der Waals surface area (Å²) in [5.74, 6) is 0. The number of rotatable bonds is 0. The van der Waals surface area contributed by atoms with Crippen LogP contribution in [-0.4, -0.2) is 0 Å². The topological polar surface area (TPSA) is 0 Å². The van der Waals surface area contributed by atoms with E-state index in [1.165, 1.54) is 6.07 Å². The van der Waals surface area contributed by atoms with Crippen molar-refractivity contribution in [1.29, 1.82) is 0 Å². The first-order valence-electron chi connectivity index (χ1n) is 2.52. The fourth-order valence-electron chi connectivity index (χ4n) is 0.544. The van der Waals surface area contributed by atoms with Crippen molar-refractivity contribution in [3.63, 3.8) is 0 Å². The van der Waals surface area contributed by atoms with Gasteiger partial charge < -0.3 is 1.43 Å². The Morgan fingerprint density at radius 2 is 1.08 bits per heavy atom. The molecule has 0 heterocycles. The summed E-state index contributed by atoms with van der Waals surface area (Å²) in [7, 11) is 0. The van der Waals surface area contributed by atoms with Gasteiger partial charge in [0, 0.05) is 0 Å². The van der Waals surface area contributed by atoms with Crippen LogP contribution < -0.4 is 29.6 Å². The van der Waals surface area contributed by atoms with Gasteiger partial charge in [-0.05, 0) is 6.07 Å². The van der Waals surface area contributed by atoms with Gasteiger partial charge in [-0.2, -0.15) is 0 Å². The maximum atomic E-state index is 5.66. The van der Waals surface area contributed by atoms with Crippen molar-refractivity contribution >= 4 is 58.0 Å². The van der Waals surface area contributed by atoms with Gasteiger partial charge in [-0.25, -0.2) is 0 Å². The number of benzene rings is 1. The van der Waals surface area contributed by atoms with Gasteiger partial charge in [0.05, 0.1) is 25.1 Å². The number of halogens is 5. The van der Waals surface area contributed by atoms with Crippen LogP contribution in [-0.2, 0) is 0 Å². The second-order valence-electron chi connectivity index (χ2n) is 1.78. The molecule has 1 aromatic carbocycles. The van der Waals surface area contributed by atoms with E-state index in [0.29, 0.717) is 10.0 Å². The van der Waals surface area contributed by atoms with Crippen LogP contribution in [0.4, 0.5) is 0 Å². The zero-order valence-electron chi connectivity index (χ0n) is 6.97. The first-order chi connectivity index (χ1) is 5.04. The first-order valence-corrected chi connectivity index (χ1v) is 4.41. The van der Waals surface area contributed by atoms with E-state index in [2.05, 4.69) is 0 Å². The standard InChI is InChI=1S/C6HCl5.Na.H/c7-2-1-3(8)5(10)6(11)4(2)9;;/h1H;;/q;+1;-1. The van der Waals surface area contributed by atoms with Crippen molar-refractivity contribution in [3.8, 4) is 0 Å². The Labute approximate surface area is 119 Å². The molecule has 62 valence electrons. The molecule has 0 fully saturated rings. The van der Waals surface area contributed by atoms with E-state index < -0.39 is 0 Å². The van der Waals surface area contributed by atoms with Crippen LogP contribution in [0.2, 0.25) is 25.1 Å². The van der Waals surface area contributed by atoms with Gasteiger partial charge in [-0.1, -0.05) is 58.0 Å². The normalized spacial score (nSPS) is 9.42. The molecular formula is C6H2Cl5Na. The van der Waals surface area contributed by atoms with Gasteiger partial charge in [0.2, 0.25) is 0 Å². The minimum atomic E-state index is 0. The minimum absolute atomic E-state index is 0. The van der Waals surface area contributed by atoms with Crippen LogP contribution in [0.5, 0.6) is 0 Å². The van der Waals surface area contributed by atoms with Crippen molar-refractivity contribution in [2.75, 3.05) is 0 Å². The molecule has 0 aliphatic rings. The van der Waals surface area contributed by atoms with Crippen LogP contribution in [0, 0.1) is 0 Å². The van der Waals surface area contributed by atoms with Crippen molar-refractivity contribution in [1.82, 2.24) is 0 Å². The van der Waals surface area contributed by atoms with E-state index >= 15 is 0 Å². The molecule has 0 aromatic heterocycles. The largest absolute Gasteiger partial charge is 1.00 e. The van der Waals surface area contributed by atoms with Crippen LogP contribution >= 0.6 is 58.0 Å². The van der Waals surface area contributed by atoms with E-state index in [4.69, 9.17) is 58.0 Å². The Hall–Kier alpha value is 1.67. The zero-order chi connectivity index (χ0) is 8.59. The second-order valence-corrected chi connectivity index (χ2v) is 3.73. The van der Waals surface area contributed by atoms with E-state index in [0.717, 1.165) is 0 Å². The third kappa shape index (κ3) is 2.83. The summed E-state index contributed by atoms with van der Waals surface area (Å²) >= 11 is 28.2. The molecule has 0 saturated heterocycles. The van der Waals surface area contributed by atoms with Gasteiger partial charge in [0.1, 0.15) is 0 Å². The van der Waals surface area contributed by atoms with E-state index in [1.54, 1.807) is 0 Å². The Morgan fingerprint density at radius 3 is 1.42 bits per heavy atom. The van der Waals surface area contributed by atoms with Gasteiger partial charge in [-0.15, -0.1) is 0 Å². The monoisotopic (exact) mass is 272 g/mol. The van der Waals surface area contributed by atoms with Crippen LogP contribution in [0.1, 0.15) is 1.43 Å². The summed E-state index contributed by atoms with van der Waals surface area (Å²) in [6, 6.07) is 1.44. The predicted octanol–water partition coefficient (Wildman–Crippen LogP) is 2.07. The second kappa shape index (κ2) is 5.53. The molecule has 1 rings (SSSR count). The average molecular weight is 274 g/mol. The molecule has 0 saturated carbocycles. The molecule has 0 unspecified atom stereocenters. The third-order valence-corrected chi connectivity index (χ3v) is 3.20. The Morgan fingerprint density at radius 1 is 0.750 bits per heavy atom. The third-order valence-electron chi connectivity index (χ3n) is 1.06. The van der Waals surface area contributed by atoms with Crippen LogP contribution in [0.25, 0.3) is 0 Å². The summed E-state index contributed by atoms with van der Waals surface area (Å²) in [5, 5.41) is 1.23. The summed E-state index contributed by atoms with van der Waals surface area (Å²) in [5.41, 5.74) is 0. The molecule has 0 aliphatic carbocycles. The fourth-order valence-corrected chi connectivity index (χ4v) is 1.65. The smallest absolute Gasteiger partial charge is 1.00 e. The molecule has 1 aromatic rings. The Kier molecular flexibility index (Phi) is 6.30. The SMILES string of the molecule is Clc1cc(Cl)c(Cl)c(Cl)c1Cl.[H-].[Na+]. The quantitative estimate of drug-likeness (QED) is 0.386. The Bertz CT molecular complexity index is 277. The van der Waals surface area contributed by atoms with Gasteiger partial charge in [0.25, 0.3) is 0 Å². The fraction of sp³-hybridized carbons (Fsp3) is 0. The molecule has 0 radical (unpaired) electrons. The predicted molar refractivity (Wildman–Crippen MR) is 52.6 cm³/mol. The molecular weight excluding hydrogens is 272 g/mol. The summed E-state index contributed by atoms with van der Waals surface area (Å²) in [6.07, 6.45) is 0. The molecule has 0 amide bonds. The van der Waals surface area contributed by atoms with Crippen molar-refractivity contribution in [2.45, 2.75) is 0 Å². The van der Waals surface area contributed by atoms with Crippen molar-refractivity contribution in [3.05, 3.63) is 31.2 Å². The summed E-state index contributed by atoms with van der Waals surface area (Å²) in [4.78, 5) is 0. The molecule has 0 bridgehead atoms. The van der Waals surface area contributed by atoms with Gasteiger partial charge >= 0.3 is 29.6 Å². The number of hydrogen-bond acceptors (Lipinski definition) is 0. The molecule has 6 heteroatoms. The van der Waals surface area contributed by atoms with Gasteiger partial charge in [0.15, 0.2) is 0 Å². The van der Waals surface area contributed by atoms with E-state index in [1.807, 2.05) is 0 Å². The molecule has 0 aliphatic heterocycles. The van der Waals surface area contributed by atoms with E-state index in [9.17, 15) is 0 Å². The zero-order valence-corrected chi connectivity index (χ0v) is 11.7. The maximum Gasteiger partial charge on any atom is 1.00 e. The molecule has 0 N–H and O–H groups in total.